The van der Waals surface area contributed by atoms with E-state index in [9.17, 15) is 4.79 Å². The highest BCUT2D eigenvalue weighted by Crippen LogP contribution is 2.19. The van der Waals surface area contributed by atoms with Gasteiger partial charge in [0.15, 0.2) is 0 Å². The number of aryl methyl sites for hydroxylation is 2. The van der Waals surface area contributed by atoms with Crippen LogP contribution in [0.4, 0.5) is 0 Å². The Hall–Kier alpha value is -1.47. The lowest BCUT2D eigenvalue weighted by molar-refractivity contribution is -0.136. The van der Waals surface area contributed by atoms with Gasteiger partial charge in [-0.2, -0.15) is 5.10 Å². The van der Waals surface area contributed by atoms with Crippen LogP contribution >= 0.6 is 0 Å². The molecule has 3 rings (SSSR count). The summed E-state index contributed by atoms with van der Waals surface area (Å²) in [5.74, 6) is 1.98. The maximum atomic E-state index is 12.4. The Morgan fingerprint density at radius 1 is 1.27 bits per heavy atom. The lowest BCUT2D eigenvalue weighted by Gasteiger charge is -2.30. The number of nitrogens with zero attached hydrogens (tertiary/aromatic N) is 5. The van der Waals surface area contributed by atoms with Crippen molar-refractivity contribution in [1.29, 1.82) is 0 Å². The van der Waals surface area contributed by atoms with Gasteiger partial charge in [-0.05, 0) is 33.2 Å². The van der Waals surface area contributed by atoms with Gasteiger partial charge in [0.05, 0.1) is 26.3 Å². The Morgan fingerprint density at radius 2 is 2.05 bits per heavy atom. The van der Waals surface area contributed by atoms with Crippen molar-refractivity contribution < 1.29 is 9.53 Å². The molecule has 1 amide bonds. The van der Waals surface area contributed by atoms with E-state index in [4.69, 9.17) is 4.74 Å². The van der Waals surface area contributed by atoms with Crippen LogP contribution in [-0.2, 0) is 16.1 Å². The van der Waals surface area contributed by atoms with Crippen molar-refractivity contribution in [3.8, 4) is 0 Å². The lowest BCUT2D eigenvalue weighted by Crippen LogP contribution is -2.47. The average molecular weight is 307 g/mol. The molecule has 1 aromatic heterocycles. The lowest BCUT2D eigenvalue weighted by atomic mass is 10.2. The molecule has 1 aromatic rings. The second-order valence-electron chi connectivity index (χ2n) is 6.15. The summed E-state index contributed by atoms with van der Waals surface area (Å²) in [6.07, 6.45) is 2.27. The van der Waals surface area contributed by atoms with Gasteiger partial charge in [0.1, 0.15) is 11.6 Å². The first-order chi connectivity index (χ1) is 10.6. The van der Waals surface area contributed by atoms with E-state index in [0.29, 0.717) is 25.8 Å². The molecule has 3 heterocycles. The monoisotopic (exact) mass is 307 g/mol. The van der Waals surface area contributed by atoms with Crippen LogP contribution in [0.2, 0.25) is 0 Å². The summed E-state index contributed by atoms with van der Waals surface area (Å²) < 4.78 is 7.28. The Bertz CT molecular complexity index is 524. The van der Waals surface area contributed by atoms with Crippen molar-refractivity contribution in [2.45, 2.75) is 39.3 Å². The molecule has 0 radical (unpaired) electrons. The Labute approximate surface area is 131 Å². The number of aromatic nitrogens is 3. The summed E-state index contributed by atoms with van der Waals surface area (Å²) >= 11 is 0. The number of ether oxygens (including phenoxy) is 1. The van der Waals surface area contributed by atoms with Crippen molar-refractivity contribution >= 4 is 5.91 Å². The van der Waals surface area contributed by atoms with E-state index in [-0.39, 0.29) is 5.91 Å². The average Bonchev–Trinajstić information content (AvgIpc) is 3.07. The standard InChI is InChI=1S/C15H25N5O2/c1-12-16-13(2)20(17-12)10-14-4-3-5-19(14)11-15(21)18-6-8-22-9-7-18/h14H,3-11H2,1-2H3/t14-/m1/s1. The number of likely N-dealkylation sites (tertiary alicyclic amines) is 1. The molecule has 2 aliphatic rings. The minimum atomic E-state index is 0.224. The molecular weight excluding hydrogens is 282 g/mol. The predicted molar refractivity (Wildman–Crippen MR) is 81.5 cm³/mol. The largest absolute Gasteiger partial charge is 0.378 e. The van der Waals surface area contributed by atoms with Crippen molar-refractivity contribution in [3.63, 3.8) is 0 Å². The highest BCUT2D eigenvalue weighted by atomic mass is 16.5. The van der Waals surface area contributed by atoms with E-state index in [1.165, 1.54) is 0 Å². The molecule has 0 unspecified atom stereocenters. The third kappa shape index (κ3) is 3.47. The molecule has 0 N–H and O–H groups in total. The van der Waals surface area contributed by atoms with Gasteiger partial charge in [-0.15, -0.1) is 0 Å². The van der Waals surface area contributed by atoms with E-state index in [1.54, 1.807) is 0 Å². The fourth-order valence-electron chi connectivity index (χ4n) is 3.33. The molecule has 22 heavy (non-hydrogen) atoms. The first-order valence-corrected chi connectivity index (χ1v) is 8.11. The summed E-state index contributed by atoms with van der Waals surface area (Å²) in [7, 11) is 0. The number of carbonyl (C=O) groups is 1. The number of carbonyl (C=O) groups excluding carboxylic acids is 1. The SMILES string of the molecule is Cc1nc(C)n(C[C@H]2CCCN2CC(=O)N2CCOCC2)n1. The molecule has 0 saturated carbocycles. The third-order valence-electron chi connectivity index (χ3n) is 4.55. The van der Waals surface area contributed by atoms with Gasteiger partial charge in [0.2, 0.25) is 5.91 Å². The van der Waals surface area contributed by atoms with Crippen LogP contribution in [0.1, 0.15) is 24.5 Å². The number of hydrogen-bond acceptors (Lipinski definition) is 5. The van der Waals surface area contributed by atoms with E-state index in [0.717, 1.165) is 50.7 Å². The molecule has 0 spiro atoms. The van der Waals surface area contributed by atoms with Crippen LogP contribution in [0.5, 0.6) is 0 Å². The summed E-state index contributed by atoms with van der Waals surface area (Å²) in [5, 5.41) is 4.44. The van der Waals surface area contributed by atoms with Crippen LogP contribution in [0.15, 0.2) is 0 Å². The van der Waals surface area contributed by atoms with Crippen LogP contribution in [0.3, 0.4) is 0 Å². The molecule has 2 saturated heterocycles. The van der Waals surface area contributed by atoms with Gasteiger partial charge in [-0.1, -0.05) is 0 Å². The van der Waals surface area contributed by atoms with Gasteiger partial charge >= 0.3 is 0 Å². The van der Waals surface area contributed by atoms with Gasteiger partial charge in [-0.3, -0.25) is 9.69 Å². The summed E-state index contributed by atoms with van der Waals surface area (Å²) in [6.45, 7) is 8.99. The number of rotatable bonds is 4. The molecule has 122 valence electrons. The Morgan fingerprint density at radius 3 is 2.73 bits per heavy atom. The number of morpholine rings is 1. The molecule has 7 heteroatoms. The molecule has 0 aromatic carbocycles. The smallest absolute Gasteiger partial charge is 0.236 e. The summed E-state index contributed by atoms with van der Waals surface area (Å²) in [4.78, 5) is 21.0. The number of amides is 1. The van der Waals surface area contributed by atoms with E-state index >= 15 is 0 Å². The second kappa shape index (κ2) is 6.75. The summed E-state index contributed by atoms with van der Waals surface area (Å²) in [6, 6.07) is 0.379. The maximum absolute atomic E-state index is 12.4. The zero-order chi connectivity index (χ0) is 15.5. The minimum absolute atomic E-state index is 0.224. The molecular formula is C15H25N5O2. The van der Waals surface area contributed by atoms with Gasteiger partial charge in [0, 0.05) is 19.1 Å². The first-order valence-electron chi connectivity index (χ1n) is 8.11. The topological polar surface area (TPSA) is 63.5 Å². The normalized spacial score (nSPS) is 23.2. The van der Waals surface area contributed by atoms with E-state index < -0.39 is 0 Å². The maximum Gasteiger partial charge on any atom is 0.236 e. The highest BCUT2D eigenvalue weighted by Gasteiger charge is 2.29. The van der Waals surface area contributed by atoms with Crippen molar-refractivity contribution in [3.05, 3.63) is 11.6 Å². The molecule has 0 bridgehead atoms. The molecule has 1 atom stereocenters. The van der Waals surface area contributed by atoms with Crippen LogP contribution in [-0.4, -0.2) is 75.9 Å². The van der Waals surface area contributed by atoms with Crippen LogP contribution in [0.25, 0.3) is 0 Å². The van der Waals surface area contributed by atoms with E-state index in [1.807, 2.05) is 23.4 Å². The minimum Gasteiger partial charge on any atom is -0.378 e. The van der Waals surface area contributed by atoms with Gasteiger partial charge < -0.3 is 9.64 Å². The number of hydrogen-bond donors (Lipinski definition) is 0. The zero-order valence-corrected chi connectivity index (χ0v) is 13.5. The fourth-order valence-corrected chi connectivity index (χ4v) is 3.33. The Balaban J connectivity index is 1.58. The van der Waals surface area contributed by atoms with Crippen molar-refractivity contribution in [2.75, 3.05) is 39.4 Å². The van der Waals surface area contributed by atoms with Crippen molar-refractivity contribution in [1.82, 2.24) is 24.6 Å². The fraction of sp³-hybridized carbons (Fsp3) is 0.800. The third-order valence-corrected chi connectivity index (χ3v) is 4.55. The van der Waals surface area contributed by atoms with Crippen LogP contribution in [0, 0.1) is 13.8 Å². The van der Waals surface area contributed by atoms with Crippen molar-refractivity contribution in [2.24, 2.45) is 0 Å². The molecule has 0 aliphatic carbocycles. The molecule has 7 nitrogen and oxygen atoms in total. The predicted octanol–water partition coefficient (Wildman–Crippen LogP) is 0.218. The second-order valence-corrected chi connectivity index (χ2v) is 6.15. The van der Waals surface area contributed by atoms with Gasteiger partial charge in [0.25, 0.3) is 0 Å². The van der Waals surface area contributed by atoms with Gasteiger partial charge in [-0.25, -0.2) is 9.67 Å². The summed E-state index contributed by atoms with van der Waals surface area (Å²) in [5.41, 5.74) is 0. The first kappa shape index (κ1) is 15.4. The van der Waals surface area contributed by atoms with E-state index in [2.05, 4.69) is 15.0 Å². The molecule has 2 fully saturated rings. The Kier molecular flexibility index (Phi) is 4.73. The molecule has 2 aliphatic heterocycles. The van der Waals surface area contributed by atoms with Crippen LogP contribution < -0.4 is 0 Å². The highest BCUT2D eigenvalue weighted by molar-refractivity contribution is 5.78. The zero-order valence-electron chi connectivity index (χ0n) is 13.5. The quantitative estimate of drug-likeness (QED) is 0.796.